The van der Waals surface area contributed by atoms with Crippen LogP contribution in [-0.2, 0) is 14.9 Å². The van der Waals surface area contributed by atoms with Crippen molar-refractivity contribution in [1.82, 2.24) is 0 Å². The normalized spacial score (nSPS) is 13.4. The van der Waals surface area contributed by atoms with Crippen LogP contribution in [0.5, 0.6) is 0 Å². The molecule has 16 heavy (non-hydrogen) atoms. The van der Waals surface area contributed by atoms with E-state index in [0.717, 1.165) is 12.1 Å². The van der Waals surface area contributed by atoms with Gasteiger partial charge in [-0.05, 0) is 24.1 Å². The van der Waals surface area contributed by atoms with E-state index in [1.54, 1.807) is 6.92 Å². The first kappa shape index (κ1) is 12.7. The van der Waals surface area contributed by atoms with Crippen LogP contribution in [-0.4, -0.2) is 18.9 Å². The SMILES string of the molecule is CCC(C(=O)[O-])c1ccc(S(=O)(=O)[O-])cc1. The summed E-state index contributed by atoms with van der Waals surface area (Å²) in [6.07, 6.45) is 0.339. The van der Waals surface area contributed by atoms with E-state index in [0.29, 0.717) is 12.0 Å². The Morgan fingerprint density at radius 3 is 2.12 bits per heavy atom. The molecule has 1 unspecified atom stereocenters. The number of carboxylic acids is 1. The molecule has 0 aliphatic heterocycles. The molecule has 0 fully saturated rings. The lowest BCUT2D eigenvalue weighted by Crippen LogP contribution is -2.29. The summed E-state index contributed by atoms with van der Waals surface area (Å²) in [5.41, 5.74) is 0.426. The molecule has 1 rings (SSSR count). The van der Waals surface area contributed by atoms with Crippen molar-refractivity contribution in [2.45, 2.75) is 24.2 Å². The van der Waals surface area contributed by atoms with Gasteiger partial charge in [0.05, 0.1) is 4.90 Å². The van der Waals surface area contributed by atoms with E-state index in [-0.39, 0.29) is 4.90 Å². The molecular formula is C10H10O5S-2. The first-order chi connectivity index (χ1) is 7.36. The number of hydrogen-bond donors (Lipinski definition) is 0. The van der Waals surface area contributed by atoms with Crippen molar-refractivity contribution in [3.05, 3.63) is 29.8 Å². The van der Waals surface area contributed by atoms with Gasteiger partial charge in [0.15, 0.2) is 0 Å². The third-order valence-corrected chi connectivity index (χ3v) is 3.11. The molecule has 1 atom stereocenters. The maximum atomic E-state index is 10.7. The highest BCUT2D eigenvalue weighted by atomic mass is 32.2. The number of hydrogen-bond acceptors (Lipinski definition) is 5. The molecule has 88 valence electrons. The minimum atomic E-state index is -4.49. The summed E-state index contributed by atoms with van der Waals surface area (Å²) in [6, 6.07) is 4.83. The average molecular weight is 242 g/mol. The molecule has 0 saturated heterocycles. The Morgan fingerprint density at radius 1 is 1.31 bits per heavy atom. The van der Waals surface area contributed by atoms with Crippen LogP contribution in [0.1, 0.15) is 24.8 Å². The van der Waals surface area contributed by atoms with Crippen molar-refractivity contribution < 1.29 is 22.9 Å². The molecule has 1 aromatic rings. The average Bonchev–Trinajstić information content (AvgIpc) is 2.17. The largest absolute Gasteiger partial charge is 0.744 e. The number of carbonyl (C=O) groups is 1. The molecule has 0 N–H and O–H groups in total. The standard InChI is InChI=1S/C10H12O5S/c1-2-9(10(11)12)7-3-5-8(6-4-7)16(13,14)15/h3-6,9H,2H2,1H3,(H,11,12)(H,13,14,15)/p-2. The van der Waals surface area contributed by atoms with Crippen molar-refractivity contribution in [3.8, 4) is 0 Å². The Kier molecular flexibility index (Phi) is 3.66. The van der Waals surface area contributed by atoms with Gasteiger partial charge >= 0.3 is 0 Å². The van der Waals surface area contributed by atoms with Gasteiger partial charge in [-0.1, -0.05) is 19.1 Å². The van der Waals surface area contributed by atoms with Gasteiger partial charge in [-0.2, -0.15) is 0 Å². The number of aliphatic carboxylic acids is 1. The Bertz CT molecular complexity index is 474. The van der Waals surface area contributed by atoms with Gasteiger partial charge in [0, 0.05) is 11.9 Å². The zero-order chi connectivity index (χ0) is 12.3. The Labute approximate surface area is 93.5 Å². The fourth-order valence-corrected chi connectivity index (χ4v) is 1.87. The van der Waals surface area contributed by atoms with E-state index in [1.165, 1.54) is 12.1 Å². The fraction of sp³-hybridized carbons (Fsp3) is 0.300. The molecule has 0 saturated carbocycles. The van der Waals surface area contributed by atoms with E-state index < -0.39 is 22.0 Å². The van der Waals surface area contributed by atoms with E-state index in [2.05, 4.69) is 0 Å². The van der Waals surface area contributed by atoms with E-state index >= 15 is 0 Å². The zero-order valence-corrected chi connectivity index (χ0v) is 9.36. The number of rotatable bonds is 4. The highest BCUT2D eigenvalue weighted by molar-refractivity contribution is 7.85. The summed E-state index contributed by atoms with van der Waals surface area (Å²) in [4.78, 5) is 10.4. The molecule has 0 bridgehead atoms. The van der Waals surface area contributed by atoms with Gasteiger partial charge in [-0.3, -0.25) is 0 Å². The van der Waals surface area contributed by atoms with Crippen LogP contribution in [0.2, 0.25) is 0 Å². The summed E-state index contributed by atoms with van der Waals surface area (Å²) in [7, 11) is -4.49. The van der Waals surface area contributed by atoms with Crippen LogP contribution in [0, 0.1) is 0 Å². The van der Waals surface area contributed by atoms with Crippen molar-refractivity contribution >= 4 is 16.1 Å². The minimum Gasteiger partial charge on any atom is -0.744 e. The van der Waals surface area contributed by atoms with Gasteiger partial charge in [0.2, 0.25) is 0 Å². The quantitative estimate of drug-likeness (QED) is 0.683. The third kappa shape index (κ3) is 2.80. The van der Waals surface area contributed by atoms with Crippen molar-refractivity contribution in [2.24, 2.45) is 0 Å². The molecular weight excluding hydrogens is 232 g/mol. The molecule has 0 amide bonds. The van der Waals surface area contributed by atoms with Crippen LogP contribution in [0.25, 0.3) is 0 Å². The summed E-state index contributed by atoms with van der Waals surface area (Å²) in [5.74, 6) is -2.01. The second kappa shape index (κ2) is 4.63. The first-order valence-electron chi connectivity index (χ1n) is 4.63. The number of carbonyl (C=O) groups excluding carboxylic acids is 1. The molecule has 0 aromatic heterocycles. The van der Waals surface area contributed by atoms with E-state index in [4.69, 9.17) is 0 Å². The van der Waals surface area contributed by atoms with Gasteiger partial charge in [0.1, 0.15) is 10.1 Å². The highest BCUT2D eigenvalue weighted by Crippen LogP contribution is 2.20. The molecule has 0 spiro atoms. The van der Waals surface area contributed by atoms with Crippen LogP contribution < -0.4 is 5.11 Å². The van der Waals surface area contributed by atoms with Crippen molar-refractivity contribution in [3.63, 3.8) is 0 Å². The van der Waals surface area contributed by atoms with Crippen molar-refractivity contribution in [1.29, 1.82) is 0 Å². The van der Waals surface area contributed by atoms with E-state index in [1.807, 2.05) is 0 Å². The molecule has 0 aliphatic rings. The Morgan fingerprint density at radius 2 is 1.81 bits per heavy atom. The minimum absolute atomic E-state index is 0.339. The Hall–Kier alpha value is -1.40. The third-order valence-electron chi connectivity index (χ3n) is 2.26. The van der Waals surface area contributed by atoms with Crippen LogP contribution in [0.3, 0.4) is 0 Å². The number of benzene rings is 1. The number of carboxylic acid groups (broad SMARTS) is 1. The van der Waals surface area contributed by atoms with Crippen LogP contribution in [0.4, 0.5) is 0 Å². The van der Waals surface area contributed by atoms with Crippen LogP contribution in [0.15, 0.2) is 29.2 Å². The zero-order valence-electron chi connectivity index (χ0n) is 8.54. The smallest absolute Gasteiger partial charge is 0.124 e. The molecule has 0 heterocycles. The van der Waals surface area contributed by atoms with E-state index in [9.17, 15) is 22.9 Å². The lowest BCUT2D eigenvalue weighted by atomic mass is 9.97. The van der Waals surface area contributed by atoms with Gasteiger partial charge in [-0.25, -0.2) is 8.42 Å². The van der Waals surface area contributed by atoms with Gasteiger partial charge in [-0.15, -0.1) is 0 Å². The fourth-order valence-electron chi connectivity index (χ4n) is 1.41. The lowest BCUT2D eigenvalue weighted by Gasteiger charge is -2.17. The summed E-state index contributed by atoms with van der Waals surface area (Å²) in [5, 5.41) is 10.7. The maximum Gasteiger partial charge on any atom is 0.124 e. The monoisotopic (exact) mass is 242 g/mol. The predicted molar refractivity (Wildman–Crippen MR) is 52.4 cm³/mol. The predicted octanol–water partition coefficient (Wildman–Crippen LogP) is -0.166. The topological polar surface area (TPSA) is 97.3 Å². The second-order valence-electron chi connectivity index (χ2n) is 3.30. The van der Waals surface area contributed by atoms with Crippen LogP contribution >= 0.6 is 0 Å². The Balaban J connectivity index is 3.08. The second-order valence-corrected chi connectivity index (χ2v) is 4.68. The summed E-state index contributed by atoms with van der Waals surface area (Å²) >= 11 is 0. The molecule has 1 aromatic carbocycles. The molecule has 0 aliphatic carbocycles. The highest BCUT2D eigenvalue weighted by Gasteiger charge is 2.10. The lowest BCUT2D eigenvalue weighted by molar-refractivity contribution is -0.308. The van der Waals surface area contributed by atoms with Crippen molar-refractivity contribution in [2.75, 3.05) is 0 Å². The summed E-state index contributed by atoms with van der Waals surface area (Å²) < 4.78 is 31.9. The first-order valence-corrected chi connectivity index (χ1v) is 6.03. The molecule has 5 nitrogen and oxygen atoms in total. The molecule has 0 radical (unpaired) electrons. The maximum absolute atomic E-state index is 10.7. The molecule has 6 heteroatoms. The summed E-state index contributed by atoms with van der Waals surface area (Å²) in [6.45, 7) is 1.68. The van der Waals surface area contributed by atoms with Gasteiger partial charge in [0.25, 0.3) is 0 Å². The van der Waals surface area contributed by atoms with Gasteiger partial charge < -0.3 is 14.5 Å².